The quantitative estimate of drug-likeness (QED) is 0.447. The molecule has 1 unspecified atom stereocenters. The Hall–Kier alpha value is -1.24. The molecule has 27 heavy (non-hydrogen) atoms. The van der Waals surface area contributed by atoms with Gasteiger partial charge in [0.25, 0.3) is 0 Å². The minimum atomic E-state index is -0.203. The summed E-state index contributed by atoms with van der Waals surface area (Å²) in [5, 5.41) is 0.948. The summed E-state index contributed by atoms with van der Waals surface area (Å²) in [6.45, 7) is 6.85. The topological polar surface area (TPSA) is 42.0 Å². The number of carbonyl (C=O) groups excluding carboxylic acids is 1. The van der Waals surface area contributed by atoms with Crippen LogP contribution in [0.25, 0.3) is 10.9 Å². The van der Waals surface area contributed by atoms with E-state index in [2.05, 4.69) is 35.4 Å². The van der Waals surface area contributed by atoms with Gasteiger partial charge in [0.15, 0.2) is 0 Å². The fraction of sp³-hybridized carbons (Fsp3) is 0.545. The molecule has 2 aliphatic rings. The summed E-state index contributed by atoms with van der Waals surface area (Å²) in [6, 6.07) is 6.96. The largest absolute Gasteiger partial charge is 0.299 e. The molecule has 2 aromatic rings. The molecule has 1 aromatic heterocycles. The number of nitrogens with zero attached hydrogens (tertiary/aromatic N) is 1. The average molecular weight is 480 g/mol. The number of carbonyl (C=O) groups is 1. The summed E-state index contributed by atoms with van der Waals surface area (Å²) >= 11 is 1.94. The van der Waals surface area contributed by atoms with E-state index in [9.17, 15) is 9.18 Å². The van der Waals surface area contributed by atoms with Gasteiger partial charge >= 0.3 is 0 Å². The number of benzene rings is 1. The van der Waals surface area contributed by atoms with Crippen LogP contribution in [0, 0.1) is 28.5 Å². The predicted molar refractivity (Wildman–Crippen MR) is 114 cm³/mol. The van der Waals surface area contributed by atoms with E-state index in [1.165, 1.54) is 11.6 Å². The van der Waals surface area contributed by atoms with E-state index in [1.54, 1.807) is 12.1 Å². The minimum Gasteiger partial charge on any atom is -0.299 e. The van der Waals surface area contributed by atoms with Gasteiger partial charge in [-0.3, -0.25) is 13.3 Å². The molecule has 0 bridgehead atoms. The maximum atomic E-state index is 13.9. The van der Waals surface area contributed by atoms with Gasteiger partial charge in [0, 0.05) is 17.5 Å². The van der Waals surface area contributed by atoms with Gasteiger partial charge in [-0.15, -0.1) is 0 Å². The van der Waals surface area contributed by atoms with E-state index in [1.807, 2.05) is 29.1 Å². The van der Waals surface area contributed by atoms with Gasteiger partial charge in [-0.05, 0) is 78.2 Å². The van der Waals surface area contributed by atoms with E-state index in [-0.39, 0.29) is 28.5 Å². The van der Waals surface area contributed by atoms with Gasteiger partial charge in [0.2, 0.25) is 5.91 Å². The molecule has 0 saturated heterocycles. The summed E-state index contributed by atoms with van der Waals surface area (Å²) < 4.78 is 16.6. The zero-order valence-corrected chi connectivity index (χ0v) is 18.2. The third kappa shape index (κ3) is 3.06. The SMILES string of the molecule is CC(C(=O)NI)[C@H]1C[C@]2(C)C[C@H](c3ccnc4ccc(F)cc34)C[C@]2(C)C1. The second-order valence-electron chi connectivity index (χ2n) is 9.20. The lowest BCUT2D eigenvalue weighted by Crippen LogP contribution is -2.27. The molecule has 1 aromatic carbocycles. The number of aromatic nitrogens is 1. The Labute approximate surface area is 174 Å². The summed E-state index contributed by atoms with van der Waals surface area (Å²) in [7, 11) is 0. The van der Waals surface area contributed by atoms with Crippen molar-refractivity contribution in [2.75, 3.05) is 0 Å². The van der Waals surface area contributed by atoms with Crippen LogP contribution in [0.5, 0.6) is 0 Å². The molecule has 2 aliphatic carbocycles. The number of halogens is 2. The Bertz CT molecular complexity index is 883. The molecule has 1 N–H and O–H groups in total. The normalized spacial score (nSPS) is 33.8. The summed E-state index contributed by atoms with van der Waals surface area (Å²) in [5.41, 5.74) is 2.52. The molecule has 1 amide bonds. The number of rotatable bonds is 3. The molecule has 0 aliphatic heterocycles. The second-order valence-corrected chi connectivity index (χ2v) is 9.74. The average Bonchev–Trinajstić information content (AvgIpc) is 3.04. The monoisotopic (exact) mass is 480 g/mol. The number of pyridine rings is 1. The molecule has 0 spiro atoms. The van der Waals surface area contributed by atoms with Crippen molar-refractivity contribution in [2.45, 2.75) is 52.4 Å². The lowest BCUT2D eigenvalue weighted by atomic mass is 9.71. The standard InChI is InChI=1S/C22H26FIN2O/c1-13(20(27)26-24)14-9-21(2)11-15(12-22(21,3)10-14)17-6-7-25-19-5-4-16(23)8-18(17)19/h4-8,13-15H,9-12H2,1-3H3,(H,26,27)/t13?,14-,15-,21+,22-. The van der Waals surface area contributed by atoms with Gasteiger partial charge < -0.3 is 0 Å². The van der Waals surface area contributed by atoms with Gasteiger partial charge in [-0.2, -0.15) is 0 Å². The van der Waals surface area contributed by atoms with Gasteiger partial charge in [-0.25, -0.2) is 4.39 Å². The first-order valence-corrected chi connectivity index (χ1v) is 10.8. The van der Waals surface area contributed by atoms with Crippen molar-refractivity contribution in [1.82, 2.24) is 8.51 Å². The highest BCUT2D eigenvalue weighted by molar-refractivity contribution is 14.1. The zero-order chi connectivity index (χ0) is 19.4. The third-order valence-electron chi connectivity index (χ3n) is 7.67. The molecule has 5 atom stereocenters. The number of fused-ring (bicyclic) bond motifs is 2. The number of amides is 1. The molecule has 2 fully saturated rings. The molecule has 144 valence electrons. The van der Waals surface area contributed by atoms with E-state index < -0.39 is 0 Å². The third-order valence-corrected chi connectivity index (χ3v) is 8.20. The number of hydrogen-bond donors (Lipinski definition) is 1. The highest BCUT2D eigenvalue weighted by Gasteiger charge is 2.59. The number of nitrogens with one attached hydrogen (secondary N) is 1. The van der Waals surface area contributed by atoms with Gasteiger partial charge in [0.1, 0.15) is 5.82 Å². The molecular weight excluding hydrogens is 454 g/mol. The first-order chi connectivity index (χ1) is 12.8. The van der Waals surface area contributed by atoms with Crippen molar-refractivity contribution in [2.24, 2.45) is 22.7 Å². The molecule has 2 saturated carbocycles. The lowest BCUT2D eigenvalue weighted by molar-refractivity contribution is -0.123. The van der Waals surface area contributed by atoms with Crippen LogP contribution < -0.4 is 3.53 Å². The fourth-order valence-corrected chi connectivity index (χ4v) is 6.40. The maximum Gasteiger partial charge on any atom is 0.231 e. The van der Waals surface area contributed by atoms with Crippen molar-refractivity contribution in [3.05, 3.63) is 41.8 Å². The van der Waals surface area contributed by atoms with Crippen molar-refractivity contribution in [3.8, 4) is 0 Å². The van der Waals surface area contributed by atoms with Crippen LogP contribution in [0.4, 0.5) is 4.39 Å². The second kappa shape index (κ2) is 6.68. The first kappa shape index (κ1) is 19.1. The Morgan fingerprint density at radius 3 is 2.52 bits per heavy atom. The molecule has 0 radical (unpaired) electrons. The summed E-state index contributed by atoms with van der Waals surface area (Å²) in [6.07, 6.45) is 6.21. The Morgan fingerprint density at radius 2 is 1.89 bits per heavy atom. The van der Waals surface area contributed by atoms with Crippen LogP contribution >= 0.6 is 22.9 Å². The molecule has 4 rings (SSSR count). The Morgan fingerprint density at radius 1 is 1.22 bits per heavy atom. The Kier molecular flexibility index (Phi) is 4.72. The molecule has 5 heteroatoms. The van der Waals surface area contributed by atoms with Crippen LogP contribution in [-0.4, -0.2) is 10.9 Å². The van der Waals surface area contributed by atoms with Crippen molar-refractivity contribution in [1.29, 1.82) is 0 Å². The summed E-state index contributed by atoms with van der Waals surface area (Å²) in [5.74, 6) is 0.839. The minimum absolute atomic E-state index is 0.0513. The zero-order valence-electron chi connectivity index (χ0n) is 16.1. The maximum absolute atomic E-state index is 13.9. The van der Waals surface area contributed by atoms with Gasteiger partial charge in [-0.1, -0.05) is 20.8 Å². The number of hydrogen-bond acceptors (Lipinski definition) is 2. The van der Waals surface area contributed by atoms with Crippen LogP contribution in [0.2, 0.25) is 0 Å². The van der Waals surface area contributed by atoms with Crippen molar-refractivity contribution < 1.29 is 9.18 Å². The molecule has 1 heterocycles. The van der Waals surface area contributed by atoms with Crippen molar-refractivity contribution >= 4 is 39.7 Å². The lowest BCUT2D eigenvalue weighted by Gasteiger charge is -2.34. The van der Waals surface area contributed by atoms with E-state index in [4.69, 9.17) is 0 Å². The highest BCUT2D eigenvalue weighted by atomic mass is 127. The predicted octanol–water partition coefficient (Wildman–Crippen LogP) is 5.78. The van der Waals surface area contributed by atoms with Crippen molar-refractivity contribution in [3.63, 3.8) is 0 Å². The summed E-state index contributed by atoms with van der Waals surface area (Å²) in [4.78, 5) is 16.5. The van der Waals surface area contributed by atoms with E-state index >= 15 is 0 Å². The van der Waals surface area contributed by atoms with Crippen LogP contribution in [-0.2, 0) is 4.79 Å². The van der Waals surface area contributed by atoms with Crippen LogP contribution in [0.3, 0.4) is 0 Å². The highest BCUT2D eigenvalue weighted by Crippen LogP contribution is 2.68. The van der Waals surface area contributed by atoms with E-state index in [0.29, 0.717) is 11.8 Å². The van der Waals surface area contributed by atoms with Crippen LogP contribution in [0.15, 0.2) is 30.5 Å². The van der Waals surface area contributed by atoms with Crippen LogP contribution in [0.1, 0.15) is 57.9 Å². The fourth-order valence-electron chi connectivity index (χ4n) is 5.91. The molecule has 3 nitrogen and oxygen atoms in total. The van der Waals surface area contributed by atoms with E-state index in [0.717, 1.165) is 36.6 Å². The first-order valence-electron chi connectivity index (χ1n) is 9.71. The van der Waals surface area contributed by atoms with Gasteiger partial charge in [0.05, 0.1) is 28.4 Å². The smallest absolute Gasteiger partial charge is 0.231 e. The molecular formula is C22H26FIN2O. The Balaban J connectivity index is 1.63.